The Morgan fingerprint density at radius 2 is 1.93 bits per heavy atom. The zero-order valence-electron chi connectivity index (χ0n) is 16.2. The van der Waals surface area contributed by atoms with Gasteiger partial charge in [0.15, 0.2) is 0 Å². The highest BCUT2D eigenvalue weighted by atomic mass is 16.5. The van der Waals surface area contributed by atoms with E-state index in [0.29, 0.717) is 19.4 Å². The first-order chi connectivity index (χ1) is 13.1. The second kappa shape index (κ2) is 9.33. The summed E-state index contributed by atoms with van der Waals surface area (Å²) in [7, 11) is 1.60. The van der Waals surface area contributed by atoms with E-state index in [2.05, 4.69) is 16.0 Å². The largest absolute Gasteiger partial charge is 0.368 e. The normalized spacial score (nSPS) is 20.0. The summed E-state index contributed by atoms with van der Waals surface area (Å²) in [6.07, 6.45) is 6.82. The fraction of sp³-hybridized carbons (Fsp3) is 0.619. The molecule has 27 heavy (non-hydrogen) atoms. The standard InChI is InChI=1S/C21H31N3O3/c1-27-21(10-12-22-13-11-21)20(26)23-15-16-6-5-9-18(14-16)24-19(25)17-7-3-2-4-8-17/h5-6,9,14,17,22H,2-4,7-8,10-13,15H2,1H3,(H,23,26)(H,24,25). The lowest BCUT2D eigenvalue weighted by molar-refractivity contribution is -0.146. The molecular weight excluding hydrogens is 342 g/mol. The van der Waals surface area contributed by atoms with Crippen molar-refractivity contribution < 1.29 is 14.3 Å². The maximum absolute atomic E-state index is 12.7. The fourth-order valence-electron chi connectivity index (χ4n) is 4.07. The Morgan fingerprint density at radius 3 is 2.63 bits per heavy atom. The van der Waals surface area contributed by atoms with Gasteiger partial charge >= 0.3 is 0 Å². The number of rotatable bonds is 6. The number of hydrogen-bond acceptors (Lipinski definition) is 4. The smallest absolute Gasteiger partial charge is 0.252 e. The lowest BCUT2D eigenvalue weighted by Crippen LogP contribution is -2.53. The molecule has 148 valence electrons. The predicted octanol–water partition coefficient (Wildman–Crippen LogP) is 2.59. The van der Waals surface area contributed by atoms with Gasteiger partial charge in [0.1, 0.15) is 5.60 Å². The average molecular weight is 373 g/mol. The van der Waals surface area contributed by atoms with Crippen molar-refractivity contribution in [1.82, 2.24) is 10.6 Å². The molecule has 0 aromatic heterocycles. The van der Waals surface area contributed by atoms with E-state index < -0.39 is 5.60 Å². The van der Waals surface area contributed by atoms with E-state index in [0.717, 1.165) is 50.0 Å². The quantitative estimate of drug-likeness (QED) is 0.716. The van der Waals surface area contributed by atoms with Crippen molar-refractivity contribution in [2.75, 3.05) is 25.5 Å². The highest BCUT2D eigenvalue weighted by molar-refractivity contribution is 5.92. The number of anilines is 1. The minimum absolute atomic E-state index is 0.0665. The highest BCUT2D eigenvalue weighted by Crippen LogP contribution is 2.25. The summed E-state index contributed by atoms with van der Waals surface area (Å²) in [6.45, 7) is 1.98. The molecule has 1 heterocycles. The van der Waals surface area contributed by atoms with E-state index in [-0.39, 0.29) is 17.7 Å². The van der Waals surface area contributed by atoms with Crippen LogP contribution in [0.15, 0.2) is 24.3 Å². The summed E-state index contributed by atoms with van der Waals surface area (Å²) >= 11 is 0. The van der Waals surface area contributed by atoms with E-state index in [9.17, 15) is 9.59 Å². The van der Waals surface area contributed by atoms with Crippen molar-refractivity contribution in [2.45, 2.75) is 57.1 Å². The number of amides is 2. The molecule has 0 radical (unpaired) electrons. The maximum atomic E-state index is 12.7. The van der Waals surface area contributed by atoms with Crippen LogP contribution in [-0.4, -0.2) is 37.6 Å². The van der Waals surface area contributed by atoms with Gasteiger partial charge in [0.2, 0.25) is 5.91 Å². The van der Waals surface area contributed by atoms with Crippen LogP contribution < -0.4 is 16.0 Å². The molecule has 1 saturated heterocycles. The first kappa shape index (κ1) is 19.8. The number of methoxy groups -OCH3 is 1. The van der Waals surface area contributed by atoms with Gasteiger partial charge in [-0.3, -0.25) is 9.59 Å². The van der Waals surface area contributed by atoms with Crippen LogP contribution in [-0.2, 0) is 20.9 Å². The zero-order chi connectivity index (χ0) is 19.1. The van der Waals surface area contributed by atoms with Gasteiger partial charge in [-0.1, -0.05) is 31.4 Å². The van der Waals surface area contributed by atoms with Crippen molar-refractivity contribution in [2.24, 2.45) is 5.92 Å². The molecule has 0 bridgehead atoms. The Labute approximate surface area is 161 Å². The molecule has 1 aromatic rings. The van der Waals surface area contributed by atoms with Gasteiger partial charge in [0.25, 0.3) is 5.91 Å². The van der Waals surface area contributed by atoms with Crippen LogP contribution in [0, 0.1) is 5.92 Å². The summed E-state index contributed by atoms with van der Waals surface area (Å²) in [6, 6.07) is 7.70. The second-order valence-electron chi connectivity index (χ2n) is 7.66. The fourth-order valence-corrected chi connectivity index (χ4v) is 4.07. The van der Waals surface area contributed by atoms with Crippen molar-refractivity contribution in [1.29, 1.82) is 0 Å². The molecule has 1 aliphatic heterocycles. The van der Waals surface area contributed by atoms with Crippen LogP contribution in [0.1, 0.15) is 50.5 Å². The Bertz CT molecular complexity index is 650. The first-order valence-electron chi connectivity index (χ1n) is 10.1. The average Bonchev–Trinajstić information content (AvgIpc) is 2.73. The molecule has 6 heteroatoms. The van der Waals surface area contributed by atoms with Crippen LogP contribution in [0.2, 0.25) is 0 Å². The molecule has 0 spiro atoms. The summed E-state index contributed by atoms with van der Waals surface area (Å²) in [5.41, 5.74) is 1.02. The number of carbonyl (C=O) groups is 2. The molecule has 2 amide bonds. The number of benzene rings is 1. The Balaban J connectivity index is 1.55. The van der Waals surface area contributed by atoms with Crippen LogP contribution in [0.5, 0.6) is 0 Å². The van der Waals surface area contributed by atoms with Crippen LogP contribution in [0.25, 0.3) is 0 Å². The van der Waals surface area contributed by atoms with Gasteiger partial charge in [0, 0.05) is 25.3 Å². The van der Waals surface area contributed by atoms with E-state index in [4.69, 9.17) is 4.74 Å². The third kappa shape index (κ3) is 5.08. The number of ether oxygens (including phenoxy) is 1. The van der Waals surface area contributed by atoms with Crippen molar-refractivity contribution in [3.05, 3.63) is 29.8 Å². The Hall–Kier alpha value is -1.92. The molecule has 0 atom stereocenters. The monoisotopic (exact) mass is 373 g/mol. The van der Waals surface area contributed by atoms with Crippen LogP contribution >= 0.6 is 0 Å². The van der Waals surface area contributed by atoms with Crippen molar-refractivity contribution >= 4 is 17.5 Å². The lowest BCUT2D eigenvalue weighted by atomic mass is 9.88. The molecule has 0 unspecified atom stereocenters. The van der Waals surface area contributed by atoms with Gasteiger partial charge in [0.05, 0.1) is 0 Å². The zero-order valence-corrected chi connectivity index (χ0v) is 16.2. The summed E-state index contributed by atoms with van der Waals surface area (Å²) in [4.78, 5) is 25.1. The van der Waals surface area contributed by atoms with E-state index in [1.54, 1.807) is 7.11 Å². The molecule has 6 nitrogen and oxygen atoms in total. The lowest BCUT2D eigenvalue weighted by Gasteiger charge is -2.34. The molecular formula is C21H31N3O3. The number of piperidine rings is 1. The molecule has 1 saturated carbocycles. The van der Waals surface area contributed by atoms with Gasteiger partial charge in [-0.25, -0.2) is 0 Å². The van der Waals surface area contributed by atoms with Gasteiger partial charge < -0.3 is 20.7 Å². The summed E-state index contributed by atoms with van der Waals surface area (Å²) in [5, 5.41) is 9.29. The van der Waals surface area contributed by atoms with Crippen LogP contribution in [0.4, 0.5) is 5.69 Å². The molecule has 2 fully saturated rings. The van der Waals surface area contributed by atoms with Crippen molar-refractivity contribution in [3.63, 3.8) is 0 Å². The van der Waals surface area contributed by atoms with E-state index in [1.165, 1.54) is 6.42 Å². The number of carbonyl (C=O) groups excluding carboxylic acids is 2. The number of nitrogens with one attached hydrogen (secondary N) is 3. The van der Waals surface area contributed by atoms with E-state index >= 15 is 0 Å². The minimum Gasteiger partial charge on any atom is -0.368 e. The van der Waals surface area contributed by atoms with Gasteiger partial charge in [-0.2, -0.15) is 0 Å². The molecule has 3 N–H and O–H groups in total. The summed E-state index contributed by atoms with van der Waals surface area (Å²) in [5.74, 6) is 0.177. The first-order valence-corrected chi connectivity index (χ1v) is 10.1. The molecule has 1 aromatic carbocycles. The van der Waals surface area contributed by atoms with Gasteiger partial charge in [-0.15, -0.1) is 0 Å². The highest BCUT2D eigenvalue weighted by Gasteiger charge is 2.39. The SMILES string of the molecule is COC1(C(=O)NCc2cccc(NC(=O)C3CCCCC3)c2)CCNCC1. The second-order valence-corrected chi connectivity index (χ2v) is 7.66. The van der Waals surface area contributed by atoms with Crippen LogP contribution in [0.3, 0.4) is 0 Å². The predicted molar refractivity (Wildman–Crippen MR) is 105 cm³/mol. The summed E-state index contributed by atoms with van der Waals surface area (Å²) < 4.78 is 5.56. The third-order valence-electron chi connectivity index (χ3n) is 5.84. The topological polar surface area (TPSA) is 79.5 Å². The molecule has 3 rings (SSSR count). The van der Waals surface area contributed by atoms with Gasteiger partial charge in [-0.05, 0) is 56.5 Å². The molecule has 2 aliphatic rings. The number of hydrogen-bond donors (Lipinski definition) is 3. The third-order valence-corrected chi connectivity index (χ3v) is 5.84. The minimum atomic E-state index is -0.738. The van der Waals surface area contributed by atoms with E-state index in [1.807, 2.05) is 24.3 Å². The molecule has 1 aliphatic carbocycles. The Morgan fingerprint density at radius 1 is 1.19 bits per heavy atom. The van der Waals surface area contributed by atoms with Crippen molar-refractivity contribution in [3.8, 4) is 0 Å². The Kier molecular flexibility index (Phi) is 6.85. The maximum Gasteiger partial charge on any atom is 0.252 e.